The number of amides is 1. The lowest BCUT2D eigenvalue weighted by Gasteiger charge is -2.04. The number of hydrogen-bond donors (Lipinski definition) is 1. The van der Waals surface area contributed by atoms with Gasteiger partial charge in [0.1, 0.15) is 5.75 Å². The zero-order valence-corrected chi connectivity index (χ0v) is 14.4. The van der Waals surface area contributed by atoms with Crippen LogP contribution in [0.2, 0.25) is 0 Å². The third kappa shape index (κ3) is 5.83. The summed E-state index contributed by atoms with van der Waals surface area (Å²) in [4.78, 5) is 16.1. The third-order valence-electron chi connectivity index (χ3n) is 3.31. The SMILES string of the molecule is COc1ccc(CC/C(C)=N\NC(=O)Cc2csc(C)n2)cc1. The molecule has 6 heteroatoms. The Hall–Kier alpha value is -2.21. The standard InChI is InChI=1S/C17H21N3O2S/c1-12(4-5-14-6-8-16(22-3)9-7-14)19-20-17(21)10-15-11-23-13(2)18-15/h6-9,11H,4-5,10H2,1-3H3,(H,20,21)/b19-12-. The van der Waals surface area contributed by atoms with Crippen LogP contribution in [0.5, 0.6) is 5.75 Å². The molecule has 0 atom stereocenters. The number of nitrogens with zero attached hydrogens (tertiary/aromatic N) is 2. The molecular weight excluding hydrogens is 310 g/mol. The summed E-state index contributed by atoms with van der Waals surface area (Å²) in [5.74, 6) is 0.711. The summed E-state index contributed by atoms with van der Waals surface area (Å²) < 4.78 is 5.13. The number of hydrazone groups is 1. The third-order valence-corrected chi connectivity index (χ3v) is 4.14. The molecule has 5 nitrogen and oxygen atoms in total. The Labute approximate surface area is 140 Å². The molecule has 0 aliphatic rings. The lowest BCUT2D eigenvalue weighted by Crippen LogP contribution is -2.21. The maximum absolute atomic E-state index is 11.8. The quantitative estimate of drug-likeness (QED) is 0.626. The summed E-state index contributed by atoms with van der Waals surface area (Å²) in [6, 6.07) is 7.96. The summed E-state index contributed by atoms with van der Waals surface area (Å²) in [5.41, 5.74) is 5.48. The van der Waals surface area contributed by atoms with E-state index in [1.54, 1.807) is 18.4 Å². The highest BCUT2D eigenvalue weighted by molar-refractivity contribution is 7.09. The van der Waals surface area contributed by atoms with Crippen molar-refractivity contribution in [2.75, 3.05) is 7.11 Å². The van der Waals surface area contributed by atoms with Crippen molar-refractivity contribution in [2.24, 2.45) is 5.10 Å². The monoisotopic (exact) mass is 331 g/mol. The van der Waals surface area contributed by atoms with E-state index >= 15 is 0 Å². The van der Waals surface area contributed by atoms with Gasteiger partial charge in [0.2, 0.25) is 5.91 Å². The Morgan fingerprint density at radius 2 is 2.09 bits per heavy atom. The van der Waals surface area contributed by atoms with Crippen LogP contribution in [-0.4, -0.2) is 23.7 Å². The average Bonchev–Trinajstić information content (AvgIpc) is 2.96. The van der Waals surface area contributed by atoms with Crippen molar-refractivity contribution in [1.29, 1.82) is 0 Å². The highest BCUT2D eigenvalue weighted by atomic mass is 32.1. The Morgan fingerprint density at radius 3 is 2.70 bits per heavy atom. The fourth-order valence-corrected chi connectivity index (χ4v) is 2.64. The number of aryl methyl sites for hydroxylation is 2. The molecule has 1 aromatic carbocycles. The van der Waals surface area contributed by atoms with Gasteiger partial charge in [-0.15, -0.1) is 11.3 Å². The van der Waals surface area contributed by atoms with Crippen LogP contribution in [0.15, 0.2) is 34.7 Å². The van der Waals surface area contributed by atoms with E-state index in [-0.39, 0.29) is 12.3 Å². The molecule has 0 aliphatic carbocycles. The Morgan fingerprint density at radius 1 is 1.35 bits per heavy atom. The number of carbonyl (C=O) groups excluding carboxylic acids is 1. The number of nitrogens with one attached hydrogen (secondary N) is 1. The van der Waals surface area contributed by atoms with E-state index in [1.807, 2.05) is 43.5 Å². The minimum Gasteiger partial charge on any atom is -0.497 e. The summed E-state index contributed by atoms with van der Waals surface area (Å²) in [7, 11) is 1.65. The molecule has 0 aliphatic heterocycles. The number of methoxy groups -OCH3 is 1. The smallest absolute Gasteiger partial charge is 0.246 e. The van der Waals surface area contributed by atoms with E-state index in [0.29, 0.717) is 0 Å². The second kappa shape index (κ2) is 8.43. The van der Waals surface area contributed by atoms with Gasteiger partial charge in [-0.3, -0.25) is 4.79 Å². The summed E-state index contributed by atoms with van der Waals surface area (Å²) >= 11 is 1.54. The number of carbonyl (C=O) groups is 1. The van der Waals surface area contributed by atoms with Gasteiger partial charge in [0, 0.05) is 11.1 Å². The molecule has 2 rings (SSSR count). The topological polar surface area (TPSA) is 63.6 Å². The molecule has 0 saturated carbocycles. The molecule has 23 heavy (non-hydrogen) atoms. The van der Waals surface area contributed by atoms with Gasteiger partial charge >= 0.3 is 0 Å². The molecule has 1 aromatic heterocycles. The van der Waals surface area contributed by atoms with E-state index in [4.69, 9.17) is 4.74 Å². The van der Waals surface area contributed by atoms with Gasteiger partial charge in [-0.2, -0.15) is 5.10 Å². The highest BCUT2D eigenvalue weighted by Gasteiger charge is 2.05. The molecule has 122 valence electrons. The molecule has 0 fully saturated rings. The van der Waals surface area contributed by atoms with Crippen LogP contribution in [-0.2, 0) is 17.6 Å². The molecule has 2 aromatic rings. The molecule has 1 N–H and O–H groups in total. The van der Waals surface area contributed by atoms with Crippen LogP contribution >= 0.6 is 11.3 Å². The Bertz CT molecular complexity index is 677. The lowest BCUT2D eigenvalue weighted by atomic mass is 10.1. The molecule has 1 heterocycles. The first-order valence-electron chi connectivity index (χ1n) is 7.43. The van der Waals surface area contributed by atoms with Crippen molar-refractivity contribution < 1.29 is 9.53 Å². The normalized spacial score (nSPS) is 11.3. The first-order valence-corrected chi connectivity index (χ1v) is 8.30. The summed E-state index contributed by atoms with van der Waals surface area (Å²) in [6.45, 7) is 3.84. The van der Waals surface area contributed by atoms with Crippen molar-refractivity contribution in [3.05, 3.63) is 45.9 Å². The molecule has 0 bridgehead atoms. The van der Waals surface area contributed by atoms with E-state index in [9.17, 15) is 4.79 Å². The average molecular weight is 331 g/mol. The van der Waals surface area contributed by atoms with Crippen molar-refractivity contribution in [1.82, 2.24) is 10.4 Å². The minimum absolute atomic E-state index is 0.140. The van der Waals surface area contributed by atoms with Crippen molar-refractivity contribution in [3.63, 3.8) is 0 Å². The predicted molar refractivity (Wildman–Crippen MR) is 93.1 cm³/mol. The molecule has 0 spiro atoms. The maximum Gasteiger partial charge on any atom is 0.246 e. The van der Waals surface area contributed by atoms with Crippen LogP contribution in [0.3, 0.4) is 0 Å². The first-order chi connectivity index (χ1) is 11.1. The zero-order valence-electron chi connectivity index (χ0n) is 13.6. The highest BCUT2D eigenvalue weighted by Crippen LogP contribution is 2.12. The lowest BCUT2D eigenvalue weighted by molar-refractivity contribution is -0.120. The number of hydrogen-bond acceptors (Lipinski definition) is 5. The van der Waals surface area contributed by atoms with Crippen LogP contribution in [0.4, 0.5) is 0 Å². The predicted octanol–water partition coefficient (Wildman–Crippen LogP) is 3.13. The van der Waals surface area contributed by atoms with E-state index in [0.717, 1.165) is 35.0 Å². The van der Waals surface area contributed by atoms with Crippen molar-refractivity contribution in [3.8, 4) is 5.75 Å². The number of thiazole rings is 1. The van der Waals surface area contributed by atoms with Gasteiger partial charge < -0.3 is 4.74 Å². The van der Waals surface area contributed by atoms with Gasteiger partial charge in [-0.1, -0.05) is 12.1 Å². The fraction of sp³-hybridized carbons (Fsp3) is 0.353. The number of rotatable bonds is 7. The van der Waals surface area contributed by atoms with Gasteiger partial charge in [0.15, 0.2) is 0 Å². The van der Waals surface area contributed by atoms with E-state index in [1.165, 1.54) is 5.56 Å². The zero-order chi connectivity index (χ0) is 16.7. The molecular formula is C17H21N3O2S. The van der Waals surface area contributed by atoms with Crippen LogP contribution < -0.4 is 10.2 Å². The molecule has 0 unspecified atom stereocenters. The summed E-state index contributed by atoms with van der Waals surface area (Å²) in [6.07, 6.45) is 1.93. The molecule has 1 amide bonds. The maximum atomic E-state index is 11.8. The van der Waals surface area contributed by atoms with Crippen LogP contribution in [0.25, 0.3) is 0 Å². The van der Waals surface area contributed by atoms with Gasteiger partial charge in [-0.05, 0) is 44.4 Å². The number of ether oxygens (including phenoxy) is 1. The van der Waals surface area contributed by atoms with Crippen LogP contribution in [0, 0.1) is 6.92 Å². The van der Waals surface area contributed by atoms with Gasteiger partial charge in [-0.25, -0.2) is 10.4 Å². The molecule has 0 saturated heterocycles. The summed E-state index contributed by atoms with van der Waals surface area (Å²) in [5, 5.41) is 7.01. The minimum atomic E-state index is -0.140. The Balaban J connectivity index is 1.76. The van der Waals surface area contributed by atoms with Gasteiger partial charge in [0.05, 0.1) is 24.2 Å². The van der Waals surface area contributed by atoms with Crippen molar-refractivity contribution in [2.45, 2.75) is 33.1 Å². The number of aromatic nitrogens is 1. The second-order valence-corrected chi connectivity index (χ2v) is 6.33. The second-order valence-electron chi connectivity index (χ2n) is 5.26. The van der Waals surface area contributed by atoms with E-state index in [2.05, 4.69) is 15.5 Å². The fourth-order valence-electron chi connectivity index (χ4n) is 2.02. The first kappa shape index (κ1) is 17.1. The van der Waals surface area contributed by atoms with E-state index < -0.39 is 0 Å². The Kier molecular flexibility index (Phi) is 6.29. The largest absolute Gasteiger partial charge is 0.497 e. The van der Waals surface area contributed by atoms with Gasteiger partial charge in [0.25, 0.3) is 0 Å². The number of benzene rings is 1. The molecule has 0 radical (unpaired) electrons. The van der Waals surface area contributed by atoms with Crippen LogP contribution in [0.1, 0.15) is 29.6 Å². The van der Waals surface area contributed by atoms with Crippen molar-refractivity contribution >= 4 is 23.0 Å².